The van der Waals surface area contributed by atoms with Gasteiger partial charge in [-0.15, -0.1) is 0 Å². The fraction of sp³-hybridized carbons (Fsp3) is 0. The summed E-state index contributed by atoms with van der Waals surface area (Å²) < 4.78 is 21.7. The number of primary sulfonamides is 1. The summed E-state index contributed by atoms with van der Waals surface area (Å²) in [5.74, 6) is 0. The molecule has 68 valence electrons. The molecule has 0 radical (unpaired) electrons. The summed E-state index contributed by atoms with van der Waals surface area (Å²) in [6.07, 6.45) is 0. The predicted molar refractivity (Wildman–Crippen MR) is 47.5 cm³/mol. The van der Waals surface area contributed by atoms with Crippen molar-refractivity contribution in [2.45, 2.75) is 4.90 Å². The molecule has 2 N–H and O–H groups in total. The third kappa shape index (κ3) is 2.18. The molecule has 0 saturated carbocycles. The van der Waals surface area contributed by atoms with E-state index in [1.54, 1.807) is 6.07 Å². The zero-order valence-corrected chi connectivity index (χ0v) is 7.93. The molecule has 0 aliphatic carbocycles. The third-order valence-electron chi connectivity index (χ3n) is 1.39. The molecule has 0 spiro atoms. The van der Waals surface area contributed by atoms with Crippen LogP contribution in [-0.4, -0.2) is 8.42 Å². The number of nitriles is 1. The molecule has 0 heterocycles. The van der Waals surface area contributed by atoms with Gasteiger partial charge in [0.2, 0.25) is 10.0 Å². The highest BCUT2D eigenvalue weighted by molar-refractivity contribution is 7.89. The Morgan fingerprint density at radius 2 is 2.08 bits per heavy atom. The van der Waals surface area contributed by atoms with Gasteiger partial charge in [0.1, 0.15) is 6.07 Å². The first-order chi connectivity index (χ1) is 5.95. The Labute approximate surface area is 80.6 Å². The molecule has 0 amide bonds. The fourth-order valence-corrected chi connectivity index (χ4v) is 1.47. The highest BCUT2D eigenvalue weighted by Gasteiger charge is 2.09. The van der Waals surface area contributed by atoms with Crippen LogP contribution in [0.3, 0.4) is 0 Å². The molecule has 1 aromatic carbocycles. The molecule has 1 rings (SSSR count). The minimum absolute atomic E-state index is 0.0909. The number of sulfonamides is 1. The van der Waals surface area contributed by atoms with Crippen molar-refractivity contribution in [1.29, 1.82) is 5.26 Å². The lowest BCUT2D eigenvalue weighted by molar-refractivity contribution is 0.598. The molecule has 0 aliphatic rings. The second-order valence-electron chi connectivity index (χ2n) is 2.30. The summed E-state index contributed by atoms with van der Waals surface area (Å²) in [5.41, 5.74) is 0.0909. The van der Waals surface area contributed by atoms with Gasteiger partial charge < -0.3 is 0 Å². The van der Waals surface area contributed by atoms with Crippen molar-refractivity contribution in [3.05, 3.63) is 28.8 Å². The third-order valence-corrected chi connectivity index (χ3v) is 2.63. The van der Waals surface area contributed by atoms with Crippen molar-refractivity contribution < 1.29 is 8.42 Å². The average Bonchev–Trinajstić information content (AvgIpc) is 2.03. The van der Waals surface area contributed by atoms with Gasteiger partial charge in [-0.1, -0.05) is 11.6 Å². The molecule has 0 unspecified atom stereocenters. The SMILES string of the molecule is N#Cc1cc(S(N)(=O)=O)ccc1Cl. The molecule has 0 saturated heterocycles. The predicted octanol–water partition coefficient (Wildman–Crippen LogP) is 0.859. The summed E-state index contributed by atoms with van der Waals surface area (Å²) >= 11 is 5.59. The first-order valence-electron chi connectivity index (χ1n) is 3.17. The molecule has 0 atom stereocenters. The van der Waals surface area contributed by atoms with Crippen LogP contribution in [0.1, 0.15) is 5.56 Å². The normalized spacial score (nSPS) is 10.8. The molecule has 1 aromatic rings. The lowest BCUT2D eigenvalue weighted by Crippen LogP contribution is -2.12. The Morgan fingerprint density at radius 1 is 1.46 bits per heavy atom. The van der Waals surface area contributed by atoms with Crippen LogP contribution in [0.2, 0.25) is 5.02 Å². The van der Waals surface area contributed by atoms with Gasteiger partial charge in [-0.2, -0.15) is 5.26 Å². The van der Waals surface area contributed by atoms with Crippen molar-refractivity contribution in [1.82, 2.24) is 0 Å². The van der Waals surface area contributed by atoms with E-state index in [2.05, 4.69) is 0 Å². The number of nitrogens with zero attached hydrogens (tertiary/aromatic N) is 1. The molecule has 4 nitrogen and oxygen atoms in total. The van der Waals surface area contributed by atoms with Crippen LogP contribution in [-0.2, 0) is 10.0 Å². The highest BCUT2D eigenvalue weighted by Crippen LogP contribution is 2.18. The highest BCUT2D eigenvalue weighted by atomic mass is 35.5. The quantitative estimate of drug-likeness (QED) is 0.756. The van der Waals surface area contributed by atoms with Crippen LogP contribution in [0.5, 0.6) is 0 Å². The Bertz CT molecular complexity index is 476. The summed E-state index contributed by atoms with van der Waals surface area (Å²) in [6, 6.07) is 5.46. The first-order valence-corrected chi connectivity index (χ1v) is 5.10. The standard InChI is InChI=1S/C7H5ClN2O2S/c8-7-2-1-6(13(10,11)12)3-5(7)4-9/h1-3H,(H2,10,11,12). The van der Waals surface area contributed by atoms with Crippen LogP contribution < -0.4 is 5.14 Å². The largest absolute Gasteiger partial charge is 0.238 e. The molecular weight excluding hydrogens is 212 g/mol. The summed E-state index contributed by atoms with van der Waals surface area (Å²) in [5, 5.41) is 13.6. The maximum atomic E-state index is 10.8. The number of hydrogen-bond acceptors (Lipinski definition) is 3. The lowest BCUT2D eigenvalue weighted by atomic mass is 10.2. The summed E-state index contributed by atoms with van der Waals surface area (Å²) in [7, 11) is -3.76. The minimum atomic E-state index is -3.76. The van der Waals surface area contributed by atoms with E-state index in [-0.39, 0.29) is 15.5 Å². The van der Waals surface area contributed by atoms with Crippen LogP contribution >= 0.6 is 11.6 Å². The molecule has 0 aromatic heterocycles. The molecular formula is C7H5ClN2O2S. The smallest absolute Gasteiger partial charge is 0.225 e. The van der Waals surface area contributed by atoms with Gasteiger partial charge in [0.05, 0.1) is 15.5 Å². The van der Waals surface area contributed by atoms with Crippen molar-refractivity contribution in [3.8, 4) is 6.07 Å². The minimum Gasteiger partial charge on any atom is -0.225 e. The second kappa shape index (κ2) is 3.34. The van der Waals surface area contributed by atoms with E-state index in [0.29, 0.717) is 0 Å². The Kier molecular flexibility index (Phi) is 2.57. The fourth-order valence-electron chi connectivity index (χ4n) is 0.767. The Hall–Kier alpha value is -1.09. The number of rotatable bonds is 1. The van der Waals surface area contributed by atoms with E-state index in [0.717, 1.165) is 6.07 Å². The number of halogens is 1. The van der Waals surface area contributed by atoms with Crippen LogP contribution in [0.4, 0.5) is 0 Å². The second-order valence-corrected chi connectivity index (χ2v) is 4.27. The van der Waals surface area contributed by atoms with E-state index in [9.17, 15) is 8.42 Å². The molecule has 0 aliphatic heterocycles. The number of hydrogen-bond donors (Lipinski definition) is 1. The van der Waals surface area contributed by atoms with Crippen LogP contribution in [0.15, 0.2) is 23.1 Å². The van der Waals surface area contributed by atoms with Gasteiger partial charge >= 0.3 is 0 Å². The van der Waals surface area contributed by atoms with Gasteiger partial charge in [0.15, 0.2) is 0 Å². The molecule has 13 heavy (non-hydrogen) atoms. The maximum Gasteiger partial charge on any atom is 0.238 e. The summed E-state index contributed by atoms with van der Waals surface area (Å²) in [6.45, 7) is 0. The summed E-state index contributed by atoms with van der Waals surface area (Å²) in [4.78, 5) is -0.117. The first kappa shape index (κ1) is 9.99. The number of nitrogens with two attached hydrogens (primary N) is 1. The monoisotopic (exact) mass is 216 g/mol. The van der Waals surface area contributed by atoms with E-state index in [4.69, 9.17) is 22.0 Å². The van der Waals surface area contributed by atoms with Crippen molar-refractivity contribution in [2.75, 3.05) is 0 Å². The molecule has 6 heteroatoms. The lowest BCUT2D eigenvalue weighted by Gasteiger charge is -1.99. The van der Waals surface area contributed by atoms with Gasteiger partial charge in [0, 0.05) is 0 Å². The van der Waals surface area contributed by atoms with Gasteiger partial charge in [-0.25, -0.2) is 13.6 Å². The number of benzene rings is 1. The Morgan fingerprint density at radius 3 is 2.54 bits per heavy atom. The van der Waals surface area contributed by atoms with Gasteiger partial charge in [-0.3, -0.25) is 0 Å². The van der Waals surface area contributed by atoms with Crippen molar-refractivity contribution >= 4 is 21.6 Å². The van der Waals surface area contributed by atoms with Crippen molar-refractivity contribution in [2.24, 2.45) is 5.14 Å². The average molecular weight is 217 g/mol. The van der Waals surface area contributed by atoms with E-state index in [1.165, 1.54) is 12.1 Å². The Balaban J connectivity index is 3.41. The van der Waals surface area contributed by atoms with Crippen LogP contribution in [0.25, 0.3) is 0 Å². The van der Waals surface area contributed by atoms with Gasteiger partial charge in [-0.05, 0) is 18.2 Å². The zero-order chi connectivity index (χ0) is 10.1. The van der Waals surface area contributed by atoms with E-state index < -0.39 is 10.0 Å². The van der Waals surface area contributed by atoms with E-state index >= 15 is 0 Å². The van der Waals surface area contributed by atoms with Crippen molar-refractivity contribution in [3.63, 3.8) is 0 Å². The van der Waals surface area contributed by atoms with E-state index in [1.807, 2.05) is 0 Å². The molecule has 0 fully saturated rings. The van der Waals surface area contributed by atoms with Gasteiger partial charge in [0.25, 0.3) is 0 Å². The maximum absolute atomic E-state index is 10.8. The zero-order valence-electron chi connectivity index (χ0n) is 6.36. The topological polar surface area (TPSA) is 83.9 Å². The van der Waals surface area contributed by atoms with Crippen LogP contribution in [0, 0.1) is 11.3 Å². The molecule has 0 bridgehead atoms.